The number of para-hydroxylation sites is 1. The van der Waals surface area contributed by atoms with Gasteiger partial charge in [0.05, 0.1) is 5.41 Å². The van der Waals surface area contributed by atoms with Crippen LogP contribution < -0.4 is 4.90 Å². The van der Waals surface area contributed by atoms with Crippen molar-refractivity contribution in [3.05, 3.63) is 29.8 Å². The van der Waals surface area contributed by atoms with E-state index in [2.05, 4.69) is 19.1 Å². The number of thioether (sulfide) groups is 1. The van der Waals surface area contributed by atoms with Crippen LogP contribution in [0.15, 0.2) is 24.3 Å². The van der Waals surface area contributed by atoms with Gasteiger partial charge in [-0.05, 0) is 31.2 Å². The molecule has 0 unspecified atom stereocenters. The van der Waals surface area contributed by atoms with Gasteiger partial charge in [-0.25, -0.2) is 0 Å². The Morgan fingerprint density at radius 3 is 2.71 bits per heavy atom. The summed E-state index contributed by atoms with van der Waals surface area (Å²) in [6.45, 7) is 6.99. The highest BCUT2D eigenvalue weighted by atomic mass is 32.2. The van der Waals surface area contributed by atoms with Gasteiger partial charge in [0.25, 0.3) is 0 Å². The van der Waals surface area contributed by atoms with Gasteiger partial charge in [-0.2, -0.15) is 11.8 Å². The zero-order chi connectivity index (χ0) is 12.5. The number of hydrogen-bond acceptors (Lipinski definition) is 2. The maximum Gasteiger partial charge on any atom is 0.237 e. The van der Waals surface area contributed by atoms with Crippen LogP contribution in [0.2, 0.25) is 0 Å². The van der Waals surface area contributed by atoms with Gasteiger partial charge >= 0.3 is 0 Å². The summed E-state index contributed by atoms with van der Waals surface area (Å²) in [5.74, 6) is 2.34. The minimum absolute atomic E-state index is 0.232. The molecule has 1 aromatic carbocycles. The highest BCUT2D eigenvalue weighted by Gasteiger charge is 2.43. The molecule has 1 aliphatic rings. The van der Waals surface area contributed by atoms with Crippen molar-refractivity contribution in [2.45, 2.75) is 26.2 Å². The molecule has 0 bridgehead atoms. The lowest BCUT2D eigenvalue weighted by Crippen LogP contribution is -2.37. The topological polar surface area (TPSA) is 20.3 Å². The van der Waals surface area contributed by atoms with Crippen LogP contribution in [0, 0.1) is 0 Å². The Morgan fingerprint density at radius 1 is 1.29 bits per heavy atom. The second kappa shape index (κ2) is 4.73. The molecule has 0 aliphatic carbocycles. The minimum Gasteiger partial charge on any atom is -0.311 e. The molecule has 0 radical (unpaired) electrons. The number of fused-ring (bicyclic) bond motifs is 1. The lowest BCUT2D eigenvalue weighted by Gasteiger charge is -2.20. The Kier molecular flexibility index (Phi) is 3.48. The monoisotopic (exact) mass is 249 g/mol. The number of nitrogens with zero attached hydrogens (tertiary/aromatic N) is 1. The zero-order valence-electron chi connectivity index (χ0n) is 10.7. The highest BCUT2D eigenvalue weighted by Crippen LogP contribution is 2.41. The summed E-state index contributed by atoms with van der Waals surface area (Å²) in [7, 11) is 0. The number of carbonyl (C=O) groups is 1. The van der Waals surface area contributed by atoms with Crippen molar-refractivity contribution in [2.24, 2.45) is 0 Å². The molecule has 2 rings (SSSR count). The first-order valence-corrected chi connectivity index (χ1v) is 7.23. The van der Waals surface area contributed by atoms with Crippen LogP contribution in [0.3, 0.4) is 0 Å². The van der Waals surface area contributed by atoms with Gasteiger partial charge in [-0.1, -0.05) is 25.1 Å². The van der Waals surface area contributed by atoms with Crippen LogP contribution in [0.4, 0.5) is 5.69 Å². The zero-order valence-corrected chi connectivity index (χ0v) is 11.5. The molecule has 0 saturated carbocycles. The van der Waals surface area contributed by atoms with E-state index >= 15 is 0 Å². The summed E-state index contributed by atoms with van der Waals surface area (Å²) in [5, 5.41) is 0. The first-order valence-electron chi connectivity index (χ1n) is 6.08. The number of rotatable bonds is 4. The molecule has 1 aromatic rings. The molecule has 3 heteroatoms. The fourth-order valence-corrected chi connectivity index (χ4v) is 2.92. The van der Waals surface area contributed by atoms with Gasteiger partial charge in [0.15, 0.2) is 0 Å². The van der Waals surface area contributed by atoms with E-state index in [1.807, 2.05) is 42.6 Å². The van der Waals surface area contributed by atoms with Gasteiger partial charge in [0.2, 0.25) is 5.91 Å². The van der Waals surface area contributed by atoms with Gasteiger partial charge in [-0.3, -0.25) is 4.79 Å². The standard InChI is InChI=1S/C14H19NOS/c1-4-17-10-9-15-12-8-6-5-7-11(12)14(2,3)13(15)16/h5-8H,4,9-10H2,1-3H3. The molecule has 0 saturated heterocycles. The fraction of sp³-hybridized carbons (Fsp3) is 0.500. The van der Waals surface area contributed by atoms with Crippen LogP contribution in [0.25, 0.3) is 0 Å². The van der Waals surface area contributed by atoms with Crippen LogP contribution in [-0.4, -0.2) is 24.0 Å². The Morgan fingerprint density at radius 2 is 2.00 bits per heavy atom. The molecule has 0 spiro atoms. The van der Waals surface area contributed by atoms with E-state index < -0.39 is 0 Å². The maximum atomic E-state index is 12.4. The normalized spacial score (nSPS) is 17.4. The largest absolute Gasteiger partial charge is 0.311 e. The summed E-state index contributed by atoms with van der Waals surface area (Å²) in [6, 6.07) is 8.14. The molecule has 92 valence electrons. The van der Waals surface area contributed by atoms with Crippen molar-refractivity contribution < 1.29 is 4.79 Å². The predicted octanol–water partition coefficient (Wildman–Crippen LogP) is 3.06. The quantitative estimate of drug-likeness (QED) is 0.764. The molecule has 1 heterocycles. The van der Waals surface area contributed by atoms with Gasteiger partial charge < -0.3 is 4.90 Å². The Labute approximate surface area is 107 Å². The second-order valence-electron chi connectivity index (χ2n) is 4.80. The van der Waals surface area contributed by atoms with E-state index in [0.29, 0.717) is 0 Å². The number of hydrogen-bond donors (Lipinski definition) is 0. The Balaban J connectivity index is 2.27. The fourth-order valence-electron chi connectivity index (χ4n) is 2.32. The van der Waals surface area contributed by atoms with E-state index in [1.54, 1.807) is 0 Å². The summed E-state index contributed by atoms with van der Waals surface area (Å²) in [4.78, 5) is 14.3. The molecular weight excluding hydrogens is 230 g/mol. The smallest absolute Gasteiger partial charge is 0.237 e. The average molecular weight is 249 g/mol. The summed E-state index contributed by atoms with van der Waals surface area (Å²) in [6.07, 6.45) is 0. The van der Waals surface area contributed by atoms with Gasteiger partial charge in [0.1, 0.15) is 0 Å². The average Bonchev–Trinajstić information content (AvgIpc) is 2.51. The van der Waals surface area contributed by atoms with E-state index in [9.17, 15) is 4.79 Å². The van der Waals surface area contributed by atoms with Crippen molar-refractivity contribution >= 4 is 23.4 Å². The van der Waals surface area contributed by atoms with Crippen molar-refractivity contribution in [1.82, 2.24) is 0 Å². The van der Waals surface area contributed by atoms with Crippen molar-refractivity contribution in [3.8, 4) is 0 Å². The molecule has 0 atom stereocenters. The number of amides is 1. The summed E-state index contributed by atoms with van der Waals surface area (Å²) >= 11 is 1.88. The van der Waals surface area contributed by atoms with Crippen molar-refractivity contribution in [2.75, 3.05) is 23.0 Å². The molecule has 2 nitrogen and oxygen atoms in total. The van der Waals surface area contributed by atoms with Gasteiger partial charge in [0, 0.05) is 18.0 Å². The first-order chi connectivity index (χ1) is 8.09. The Bertz CT molecular complexity index is 428. The Hall–Kier alpha value is -0.960. The molecule has 17 heavy (non-hydrogen) atoms. The number of benzene rings is 1. The molecular formula is C14H19NOS. The lowest BCUT2D eigenvalue weighted by molar-refractivity contribution is -0.122. The van der Waals surface area contributed by atoms with E-state index in [0.717, 1.165) is 29.3 Å². The van der Waals surface area contributed by atoms with Crippen LogP contribution in [0.1, 0.15) is 26.3 Å². The SMILES string of the molecule is CCSCCN1C(=O)C(C)(C)c2ccccc21. The molecule has 0 aromatic heterocycles. The third-order valence-electron chi connectivity index (χ3n) is 3.31. The van der Waals surface area contributed by atoms with E-state index in [4.69, 9.17) is 0 Å². The molecule has 0 fully saturated rings. The van der Waals surface area contributed by atoms with Gasteiger partial charge in [-0.15, -0.1) is 0 Å². The summed E-state index contributed by atoms with van der Waals surface area (Å²) in [5.41, 5.74) is 1.89. The molecule has 1 aliphatic heterocycles. The maximum absolute atomic E-state index is 12.4. The van der Waals surface area contributed by atoms with Crippen LogP contribution >= 0.6 is 11.8 Å². The predicted molar refractivity (Wildman–Crippen MR) is 74.8 cm³/mol. The van der Waals surface area contributed by atoms with E-state index in [-0.39, 0.29) is 11.3 Å². The summed E-state index contributed by atoms with van der Waals surface area (Å²) < 4.78 is 0. The van der Waals surface area contributed by atoms with Crippen molar-refractivity contribution in [1.29, 1.82) is 0 Å². The third kappa shape index (κ3) is 2.08. The van der Waals surface area contributed by atoms with E-state index in [1.165, 1.54) is 0 Å². The van der Waals surface area contributed by atoms with Crippen LogP contribution in [-0.2, 0) is 10.2 Å². The third-order valence-corrected chi connectivity index (χ3v) is 4.19. The number of anilines is 1. The molecule has 0 N–H and O–H groups in total. The number of carbonyl (C=O) groups excluding carboxylic acids is 1. The first kappa shape index (κ1) is 12.5. The molecule has 1 amide bonds. The lowest BCUT2D eigenvalue weighted by atomic mass is 9.86. The van der Waals surface area contributed by atoms with Crippen molar-refractivity contribution in [3.63, 3.8) is 0 Å². The van der Waals surface area contributed by atoms with Crippen LogP contribution in [0.5, 0.6) is 0 Å². The minimum atomic E-state index is -0.368. The highest BCUT2D eigenvalue weighted by molar-refractivity contribution is 7.99. The second-order valence-corrected chi connectivity index (χ2v) is 6.19.